The van der Waals surface area contributed by atoms with Crippen LogP contribution < -0.4 is 10.1 Å². The van der Waals surface area contributed by atoms with Gasteiger partial charge >= 0.3 is 0 Å². The highest BCUT2D eigenvalue weighted by molar-refractivity contribution is 7.13. The zero-order valence-corrected chi connectivity index (χ0v) is 16.5. The van der Waals surface area contributed by atoms with Crippen LogP contribution in [0.1, 0.15) is 23.2 Å². The Hall–Kier alpha value is -2.66. The number of hydrogen-bond acceptors (Lipinski definition) is 4. The Morgan fingerprint density at radius 2 is 1.89 bits per heavy atom. The number of hydrogen-bond donors (Lipinski definition) is 1. The summed E-state index contributed by atoms with van der Waals surface area (Å²) in [5, 5.41) is 5.84. The Morgan fingerprint density at radius 1 is 1.11 bits per heavy atom. The van der Waals surface area contributed by atoms with Crippen LogP contribution in [0.3, 0.4) is 0 Å². The third-order valence-corrected chi connectivity index (χ3v) is 5.00. The molecule has 0 aliphatic heterocycles. The van der Waals surface area contributed by atoms with E-state index in [1.807, 2.05) is 48.7 Å². The molecule has 5 heteroatoms. The first-order valence-corrected chi connectivity index (χ1v) is 9.96. The lowest BCUT2D eigenvalue weighted by molar-refractivity contribution is -0.120. The molecular weight excluding hydrogens is 356 g/mol. The van der Waals surface area contributed by atoms with E-state index < -0.39 is 0 Å². The summed E-state index contributed by atoms with van der Waals surface area (Å²) in [5.41, 5.74) is 4.29. The predicted octanol–water partition coefficient (Wildman–Crippen LogP) is 4.55. The van der Waals surface area contributed by atoms with Crippen LogP contribution >= 0.6 is 11.3 Å². The molecule has 0 atom stereocenters. The molecule has 3 rings (SSSR count). The number of rotatable bonds is 8. The number of carbonyl (C=O) groups excluding carboxylic acids is 1. The number of amides is 1. The number of benzene rings is 2. The van der Waals surface area contributed by atoms with Crippen molar-refractivity contribution < 1.29 is 9.53 Å². The fraction of sp³-hybridized carbons (Fsp3) is 0.273. The fourth-order valence-corrected chi connectivity index (χ4v) is 3.54. The Bertz CT molecular complexity index is 905. The molecular formula is C22H24N2O2S. The van der Waals surface area contributed by atoms with Crippen LogP contribution in [0.2, 0.25) is 0 Å². The van der Waals surface area contributed by atoms with Gasteiger partial charge in [-0.2, -0.15) is 0 Å². The smallest absolute Gasteiger partial charge is 0.226 e. The van der Waals surface area contributed by atoms with E-state index in [4.69, 9.17) is 4.74 Å². The molecule has 2 aromatic carbocycles. The van der Waals surface area contributed by atoms with Gasteiger partial charge in [0, 0.05) is 17.5 Å². The van der Waals surface area contributed by atoms with Gasteiger partial charge in [0.1, 0.15) is 10.8 Å². The number of nitrogens with one attached hydrogen (secondary N) is 1. The quantitative estimate of drug-likeness (QED) is 0.583. The zero-order valence-electron chi connectivity index (χ0n) is 15.7. The Balaban J connectivity index is 1.39. The van der Waals surface area contributed by atoms with Crippen molar-refractivity contribution in [3.63, 3.8) is 0 Å². The summed E-state index contributed by atoms with van der Waals surface area (Å²) < 4.78 is 5.69. The van der Waals surface area contributed by atoms with E-state index in [2.05, 4.69) is 29.4 Å². The topological polar surface area (TPSA) is 51.2 Å². The second-order valence-corrected chi connectivity index (χ2v) is 7.42. The second kappa shape index (κ2) is 9.33. The Kier molecular flexibility index (Phi) is 6.60. The van der Waals surface area contributed by atoms with Crippen LogP contribution in [-0.2, 0) is 11.2 Å². The van der Waals surface area contributed by atoms with Gasteiger partial charge in [-0.05, 0) is 44.0 Å². The minimum absolute atomic E-state index is 0.00773. The van der Waals surface area contributed by atoms with E-state index in [9.17, 15) is 4.79 Å². The van der Waals surface area contributed by atoms with E-state index in [-0.39, 0.29) is 5.91 Å². The Morgan fingerprint density at radius 3 is 2.67 bits per heavy atom. The molecule has 27 heavy (non-hydrogen) atoms. The lowest BCUT2D eigenvalue weighted by Gasteiger charge is -2.07. The van der Waals surface area contributed by atoms with E-state index >= 15 is 0 Å². The van der Waals surface area contributed by atoms with Crippen molar-refractivity contribution in [3.05, 3.63) is 70.7 Å². The summed E-state index contributed by atoms with van der Waals surface area (Å²) in [4.78, 5) is 16.7. The summed E-state index contributed by atoms with van der Waals surface area (Å²) in [6.07, 6.45) is 1.08. The van der Waals surface area contributed by atoms with Crippen LogP contribution in [0.4, 0.5) is 0 Å². The number of ether oxygens (including phenoxy) is 1. The highest BCUT2D eigenvalue weighted by atomic mass is 32.1. The van der Waals surface area contributed by atoms with Crippen molar-refractivity contribution in [2.24, 2.45) is 0 Å². The summed E-state index contributed by atoms with van der Waals surface area (Å²) in [6.45, 7) is 5.28. The predicted molar refractivity (Wildman–Crippen MR) is 110 cm³/mol. The van der Waals surface area contributed by atoms with Gasteiger partial charge in [-0.15, -0.1) is 11.3 Å². The van der Waals surface area contributed by atoms with E-state index in [1.165, 1.54) is 11.1 Å². The summed E-state index contributed by atoms with van der Waals surface area (Å²) in [7, 11) is 0. The van der Waals surface area contributed by atoms with E-state index in [0.29, 0.717) is 19.6 Å². The van der Waals surface area contributed by atoms with Crippen molar-refractivity contribution in [2.45, 2.75) is 26.7 Å². The lowest BCUT2D eigenvalue weighted by atomic mass is 10.1. The molecule has 1 N–H and O–H groups in total. The summed E-state index contributed by atoms with van der Waals surface area (Å²) in [6, 6.07) is 16.2. The van der Waals surface area contributed by atoms with Gasteiger partial charge in [-0.1, -0.05) is 35.9 Å². The lowest BCUT2D eigenvalue weighted by Crippen LogP contribution is -2.27. The van der Waals surface area contributed by atoms with E-state index in [1.54, 1.807) is 11.3 Å². The van der Waals surface area contributed by atoms with Gasteiger partial charge in [0.2, 0.25) is 5.91 Å². The molecule has 140 valence electrons. The van der Waals surface area contributed by atoms with Crippen LogP contribution in [0.15, 0.2) is 53.9 Å². The first kappa shape index (κ1) is 19.1. The second-order valence-electron chi connectivity index (χ2n) is 6.56. The van der Waals surface area contributed by atoms with E-state index in [0.717, 1.165) is 28.4 Å². The summed E-state index contributed by atoms with van der Waals surface area (Å²) in [5.74, 6) is 0.860. The van der Waals surface area contributed by atoms with Crippen LogP contribution in [-0.4, -0.2) is 24.0 Å². The molecule has 0 aliphatic carbocycles. The monoisotopic (exact) mass is 380 g/mol. The SMILES string of the molecule is Cc1cccc(OCCCNC(=O)Cc2csc(-c3cccc(C)c3)n2)c1. The third-order valence-electron chi connectivity index (χ3n) is 4.06. The first-order chi connectivity index (χ1) is 13.1. The maximum absolute atomic E-state index is 12.1. The Labute approximate surface area is 164 Å². The molecule has 3 aromatic rings. The van der Waals surface area contributed by atoms with Crippen molar-refractivity contribution >= 4 is 17.2 Å². The standard InChI is InChI=1S/C22H24N2O2S/c1-16-6-3-8-18(12-16)22-24-19(15-27-22)14-21(25)23-10-5-11-26-20-9-4-7-17(2)13-20/h3-4,6-9,12-13,15H,5,10-11,14H2,1-2H3,(H,23,25). The molecule has 0 saturated carbocycles. The van der Waals surface area contributed by atoms with Gasteiger partial charge in [0.05, 0.1) is 18.7 Å². The number of aromatic nitrogens is 1. The zero-order chi connectivity index (χ0) is 19.1. The average molecular weight is 381 g/mol. The maximum atomic E-state index is 12.1. The minimum atomic E-state index is -0.00773. The van der Waals surface area contributed by atoms with Crippen molar-refractivity contribution in [1.29, 1.82) is 0 Å². The van der Waals surface area contributed by atoms with Crippen molar-refractivity contribution in [2.75, 3.05) is 13.2 Å². The van der Waals surface area contributed by atoms with Gasteiger partial charge in [-0.3, -0.25) is 4.79 Å². The molecule has 1 aromatic heterocycles. The molecule has 0 bridgehead atoms. The highest BCUT2D eigenvalue weighted by Gasteiger charge is 2.09. The molecule has 0 saturated heterocycles. The minimum Gasteiger partial charge on any atom is -0.494 e. The average Bonchev–Trinajstić information content (AvgIpc) is 3.10. The maximum Gasteiger partial charge on any atom is 0.226 e. The third kappa shape index (κ3) is 5.93. The molecule has 0 unspecified atom stereocenters. The van der Waals surface area contributed by atoms with Crippen molar-refractivity contribution in [1.82, 2.24) is 10.3 Å². The molecule has 1 heterocycles. The van der Waals surface area contributed by atoms with Crippen molar-refractivity contribution in [3.8, 4) is 16.3 Å². The van der Waals surface area contributed by atoms with Crippen LogP contribution in [0.5, 0.6) is 5.75 Å². The number of aryl methyl sites for hydroxylation is 2. The summed E-state index contributed by atoms with van der Waals surface area (Å²) >= 11 is 1.57. The van der Waals surface area contributed by atoms with Gasteiger partial charge in [0.15, 0.2) is 0 Å². The van der Waals surface area contributed by atoms with Gasteiger partial charge in [0.25, 0.3) is 0 Å². The molecule has 4 nitrogen and oxygen atoms in total. The molecule has 0 aliphatic rings. The van der Waals surface area contributed by atoms with Gasteiger partial charge < -0.3 is 10.1 Å². The molecule has 1 amide bonds. The largest absolute Gasteiger partial charge is 0.494 e. The first-order valence-electron chi connectivity index (χ1n) is 9.08. The van der Waals surface area contributed by atoms with Crippen LogP contribution in [0.25, 0.3) is 10.6 Å². The number of nitrogens with zero attached hydrogens (tertiary/aromatic N) is 1. The highest BCUT2D eigenvalue weighted by Crippen LogP contribution is 2.24. The number of thiazole rings is 1. The molecule has 0 spiro atoms. The number of carbonyl (C=O) groups is 1. The normalized spacial score (nSPS) is 10.6. The van der Waals surface area contributed by atoms with Crippen LogP contribution in [0, 0.1) is 13.8 Å². The molecule has 0 radical (unpaired) electrons. The van der Waals surface area contributed by atoms with Gasteiger partial charge in [-0.25, -0.2) is 4.98 Å². The molecule has 0 fully saturated rings. The fourth-order valence-electron chi connectivity index (χ4n) is 2.72.